The van der Waals surface area contributed by atoms with Crippen LogP contribution in [0, 0.1) is 5.92 Å². The Morgan fingerprint density at radius 2 is 1.92 bits per heavy atom. The Kier molecular flexibility index (Phi) is 6.17. The molecule has 2 fully saturated rings. The lowest BCUT2D eigenvalue weighted by Gasteiger charge is -2.23. The van der Waals surface area contributed by atoms with Crippen LogP contribution in [0.25, 0.3) is 0 Å². The summed E-state index contributed by atoms with van der Waals surface area (Å²) in [5, 5.41) is 3.00. The summed E-state index contributed by atoms with van der Waals surface area (Å²) in [5.74, 6) is 0.838. The van der Waals surface area contributed by atoms with Crippen molar-refractivity contribution in [2.45, 2.75) is 64.5 Å². The maximum Gasteiger partial charge on any atom is 0.225 e. The SMILES string of the molecule is CC(C)Oc1ccc(CCNC(=O)C2CC(=O)N(C3CCCC3)C2)cc1. The molecule has 1 atom stereocenters. The van der Waals surface area contributed by atoms with Gasteiger partial charge in [-0.25, -0.2) is 0 Å². The van der Waals surface area contributed by atoms with Gasteiger partial charge in [-0.3, -0.25) is 9.59 Å². The predicted octanol–water partition coefficient (Wildman–Crippen LogP) is 2.92. The second-order valence-electron chi connectivity index (χ2n) is 7.74. The molecule has 1 unspecified atom stereocenters. The van der Waals surface area contributed by atoms with Crippen LogP contribution in [0.1, 0.15) is 51.5 Å². The zero-order valence-electron chi connectivity index (χ0n) is 15.9. The second-order valence-corrected chi connectivity index (χ2v) is 7.74. The highest BCUT2D eigenvalue weighted by molar-refractivity contribution is 5.89. The number of carbonyl (C=O) groups excluding carboxylic acids is 2. The molecule has 0 spiro atoms. The second kappa shape index (κ2) is 8.56. The van der Waals surface area contributed by atoms with Crippen LogP contribution in [-0.4, -0.2) is 41.9 Å². The van der Waals surface area contributed by atoms with Crippen molar-refractivity contribution >= 4 is 11.8 Å². The van der Waals surface area contributed by atoms with Crippen molar-refractivity contribution in [3.8, 4) is 5.75 Å². The first kappa shape index (κ1) is 18.7. The van der Waals surface area contributed by atoms with Gasteiger partial charge in [-0.2, -0.15) is 0 Å². The first-order valence-electron chi connectivity index (χ1n) is 9.85. The summed E-state index contributed by atoms with van der Waals surface area (Å²) in [6, 6.07) is 8.36. The van der Waals surface area contributed by atoms with Gasteiger partial charge in [0.05, 0.1) is 12.0 Å². The van der Waals surface area contributed by atoms with E-state index >= 15 is 0 Å². The van der Waals surface area contributed by atoms with Gasteiger partial charge in [-0.05, 0) is 50.8 Å². The van der Waals surface area contributed by atoms with Crippen molar-refractivity contribution < 1.29 is 14.3 Å². The molecular weight excluding hydrogens is 328 g/mol. The maximum atomic E-state index is 12.4. The molecule has 1 aliphatic carbocycles. The van der Waals surface area contributed by atoms with Crippen molar-refractivity contribution in [2.24, 2.45) is 5.92 Å². The normalized spacial score (nSPS) is 20.8. The number of amides is 2. The Morgan fingerprint density at radius 3 is 2.58 bits per heavy atom. The summed E-state index contributed by atoms with van der Waals surface area (Å²) in [4.78, 5) is 26.6. The zero-order valence-corrected chi connectivity index (χ0v) is 15.9. The molecule has 5 heteroatoms. The smallest absolute Gasteiger partial charge is 0.225 e. The minimum atomic E-state index is -0.190. The fourth-order valence-corrected chi connectivity index (χ4v) is 3.96. The molecule has 1 aliphatic heterocycles. The third kappa shape index (κ3) is 4.77. The number of rotatable bonds is 7. The van der Waals surface area contributed by atoms with Crippen molar-refractivity contribution in [2.75, 3.05) is 13.1 Å². The highest BCUT2D eigenvalue weighted by Gasteiger charge is 2.38. The van der Waals surface area contributed by atoms with Crippen LogP contribution in [0.2, 0.25) is 0 Å². The summed E-state index contributed by atoms with van der Waals surface area (Å²) in [7, 11) is 0. The predicted molar refractivity (Wildman–Crippen MR) is 101 cm³/mol. The topological polar surface area (TPSA) is 58.6 Å². The molecule has 1 aromatic rings. The summed E-state index contributed by atoms with van der Waals surface area (Å²) in [5.41, 5.74) is 1.16. The number of ether oxygens (including phenoxy) is 1. The Bertz CT molecular complexity index is 621. The Balaban J connectivity index is 1.42. The van der Waals surface area contributed by atoms with Crippen LogP contribution in [-0.2, 0) is 16.0 Å². The quantitative estimate of drug-likeness (QED) is 0.815. The summed E-state index contributed by atoms with van der Waals surface area (Å²) in [6.45, 7) is 5.20. The van der Waals surface area contributed by atoms with E-state index in [4.69, 9.17) is 4.74 Å². The van der Waals surface area contributed by atoms with Gasteiger partial charge in [0, 0.05) is 25.6 Å². The van der Waals surface area contributed by atoms with E-state index in [0.717, 1.165) is 30.6 Å². The molecule has 5 nitrogen and oxygen atoms in total. The molecule has 142 valence electrons. The largest absolute Gasteiger partial charge is 0.491 e. The van der Waals surface area contributed by atoms with E-state index in [1.807, 2.05) is 43.0 Å². The monoisotopic (exact) mass is 358 g/mol. The molecule has 2 amide bonds. The van der Waals surface area contributed by atoms with Gasteiger partial charge in [-0.15, -0.1) is 0 Å². The third-order valence-corrected chi connectivity index (χ3v) is 5.30. The molecule has 0 radical (unpaired) electrons. The van der Waals surface area contributed by atoms with Gasteiger partial charge in [0.2, 0.25) is 11.8 Å². The third-order valence-electron chi connectivity index (χ3n) is 5.30. The molecular formula is C21H30N2O3. The van der Waals surface area contributed by atoms with Crippen molar-refractivity contribution in [3.63, 3.8) is 0 Å². The summed E-state index contributed by atoms with van der Waals surface area (Å²) in [6.07, 6.45) is 5.90. The number of nitrogens with zero attached hydrogens (tertiary/aromatic N) is 1. The lowest BCUT2D eigenvalue weighted by atomic mass is 10.1. The van der Waals surface area contributed by atoms with Crippen LogP contribution in [0.3, 0.4) is 0 Å². The van der Waals surface area contributed by atoms with E-state index in [0.29, 0.717) is 25.6 Å². The maximum absolute atomic E-state index is 12.4. The van der Waals surface area contributed by atoms with Crippen LogP contribution in [0.5, 0.6) is 5.75 Å². The minimum Gasteiger partial charge on any atom is -0.491 e. The molecule has 3 rings (SSSR count). The molecule has 1 aromatic carbocycles. The molecule has 1 heterocycles. The first-order valence-corrected chi connectivity index (χ1v) is 9.85. The van der Waals surface area contributed by atoms with Crippen LogP contribution in [0.4, 0.5) is 0 Å². The Hall–Kier alpha value is -2.04. The van der Waals surface area contributed by atoms with Gasteiger partial charge >= 0.3 is 0 Å². The number of hydrogen-bond acceptors (Lipinski definition) is 3. The molecule has 1 saturated carbocycles. The van der Waals surface area contributed by atoms with Crippen LogP contribution in [0.15, 0.2) is 24.3 Å². The highest BCUT2D eigenvalue weighted by Crippen LogP contribution is 2.29. The van der Waals surface area contributed by atoms with Gasteiger partial charge in [0.1, 0.15) is 5.75 Å². The van der Waals surface area contributed by atoms with E-state index in [-0.39, 0.29) is 23.8 Å². The zero-order chi connectivity index (χ0) is 18.5. The first-order chi connectivity index (χ1) is 12.5. The fourth-order valence-electron chi connectivity index (χ4n) is 3.96. The number of likely N-dealkylation sites (tertiary alicyclic amines) is 1. The molecule has 1 saturated heterocycles. The van der Waals surface area contributed by atoms with Crippen molar-refractivity contribution in [1.82, 2.24) is 10.2 Å². The lowest BCUT2D eigenvalue weighted by Crippen LogP contribution is -2.37. The van der Waals surface area contributed by atoms with Crippen LogP contribution >= 0.6 is 0 Å². The standard InChI is InChI=1S/C21H30N2O3/c1-15(2)26-19-9-7-16(8-10-19)11-12-22-21(25)17-13-20(24)23(14-17)18-5-3-4-6-18/h7-10,15,17-18H,3-6,11-14H2,1-2H3,(H,22,25). The Morgan fingerprint density at radius 1 is 1.23 bits per heavy atom. The lowest BCUT2D eigenvalue weighted by molar-refractivity contribution is -0.130. The van der Waals surface area contributed by atoms with Gasteiger partial charge in [0.25, 0.3) is 0 Å². The highest BCUT2D eigenvalue weighted by atomic mass is 16.5. The summed E-state index contributed by atoms with van der Waals surface area (Å²) < 4.78 is 5.64. The Labute approximate surface area is 156 Å². The number of carbonyl (C=O) groups is 2. The molecule has 1 N–H and O–H groups in total. The number of benzene rings is 1. The van der Waals surface area contributed by atoms with E-state index in [1.165, 1.54) is 12.8 Å². The molecule has 0 aromatic heterocycles. The minimum absolute atomic E-state index is 0.0126. The number of hydrogen-bond donors (Lipinski definition) is 1. The van der Waals surface area contributed by atoms with Gasteiger partial charge in [0.15, 0.2) is 0 Å². The van der Waals surface area contributed by atoms with E-state index in [1.54, 1.807) is 0 Å². The average Bonchev–Trinajstić information content (AvgIpc) is 3.25. The van der Waals surface area contributed by atoms with E-state index < -0.39 is 0 Å². The van der Waals surface area contributed by atoms with Gasteiger partial charge in [-0.1, -0.05) is 25.0 Å². The van der Waals surface area contributed by atoms with Crippen molar-refractivity contribution in [1.29, 1.82) is 0 Å². The average molecular weight is 358 g/mol. The van der Waals surface area contributed by atoms with Crippen molar-refractivity contribution in [3.05, 3.63) is 29.8 Å². The fraction of sp³-hybridized carbons (Fsp3) is 0.619. The van der Waals surface area contributed by atoms with Gasteiger partial charge < -0.3 is 15.0 Å². The summed E-state index contributed by atoms with van der Waals surface area (Å²) >= 11 is 0. The van der Waals surface area contributed by atoms with E-state index in [2.05, 4.69) is 5.32 Å². The van der Waals surface area contributed by atoms with Crippen LogP contribution < -0.4 is 10.1 Å². The molecule has 2 aliphatic rings. The number of nitrogens with one attached hydrogen (secondary N) is 1. The molecule has 26 heavy (non-hydrogen) atoms. The van der Waals surface area contributed by atoms with E-state index in [9.17, 15) is 9.59 Å². The molecule has 0 bridgehead atoms.